The predicted octanol–water partition coefficient (Wildman–Crippen LogP) is 1.45. The van der Waals surface area contributed by atoms with Crippen LogP contribution in [-0.4, -0.2) is 53.8 Å². The van der Waals surface area contributed by atoms with Crippen LogP contribution in [0.2, 0.25) is 0 Å². The van der Waals surface area contributed by atoms with Gasteiger partial charge in [-0.1, -0.05) is 19.3 Å². The Balaban J connectivity index is 1.96. The van der Waals surface area contributed by atoms with Gasteiger partial charge in [0.25, 0.3) is 0 Å². The number of carboxylic acids is 1. The Bertz CT molecular complexity index is 379. The van der Waals surface area contributed by atoms with Gasteiger partial charge in [-0.25, -0.2) is 4.79 Å². The summed E-state index contributed by atoms with van der Waals surface area (Å²) in [6.07, 6.45) is 5.45. The average molecular weight is 284 g/mol. The summed E-state index contributed by atoms with van der Waals surface area (Å²) >= 11 is 0. The third kappa shape index (κ3) is 3.23. The van der Waals surface area contributed by atoms with E-state index < -0.39 is 11.9 Å². The van der Waals surface area contributed by atoms with Crippen molar-refractivity contribution in [3.63, 3.8) is 0 Å². The third-order valence-corrected chi connectivity index (χ3v) is 4.55. The summed E-state index contributed by atoms with van der Waals surface area (Å²) in [5.74, 6) is -1.54. The first-order valence-electron chi connectivity index (χ1n) is 7.28. The number of carbonyl (C=O) groups excluding carboxylic acids is 1. The van der Waals surface area contributed by atoms with E-state index in [9.17, 15) is 9.59 Å². The Morgan fingerprint density at radius 2 is 1.90 bits per heavy atom. The minimum absolute atomic E-state index is 0.165. The highest BCUT2D eigenvalue weighted by atomic mass is 16.5. The van der Waals surface area contributed by atoms with Crippen LogP contribution in [0.3, 0.4) is 0 Å². The highest BCUT2D eigenvalue weighted by molar-refractivity contribution is 5.77. The van der Waals surface area contributed by atoms with Crippen molar-refractivity contribution in [2.45, 2.75) is 50.6 Å². The number of ether oxygens (including phenoxy) is 1. The molecule has 1 saturated heterocycles. The van der Waals surface area contributed by atoms with Gasteiger partial charge in [-0.15, -0.1) is 0 Å². The molecule has 0 bridgehead atoms. The molecule has 1 heterocycles. The average Bonchev–Trinajstić information content (AvgIpc) is 2.87. The van der Waals surface area contributed by atoms with Crippen LogP contribution >= 0.6 is 0 Å². The van der Waals surface area contributed by atoms with Crippen LogP contribution in [-0.2, 0) is 9.53 Å². The molecule has 1 saturated carbocycles. The van der Waals surface area contributed by atoms with Gasteiger partial charge in [0.15, 0.2) is 0 Å². The summed E-state index contributed by atoms with van der Waals surface area (Å²) in [5.41, 5.74) is -0.165. The van der Waals surface area contributed by atoms with E-state index in [2.05, 4.69) is 12.2 Å². The molecule has 1 aliphatic carbocycles. The molecule has 2 atom stereocenters. The molecule has 0 aromatic heterocycles. The van der Waals surface area contributed by atoms with Crippen molar-refractivity contribution < 1.29 is 19.4 Å². The molecule has 2 aliphatic rings. The number of carbonyl (C=O) groups is 2. The number of urea groups is 1. The standard InChI is InChI=1S/C14H24N2O4/c1-14(6-4-3-5-7-14)15-13(19)16(2)11-9-20-8-10(11)12(17)18/h10-11H,3-9H2,1-2H3,(H,15,19)(H,17,18). The fourth-order valence-corrected chi connectivity index (χ4v) is 3.11. The van der Waals surface area contributed by atoms with Crippen molar-refractivity contribution >= 4 is 12.0 Å². The highest BCUT2D eigenvalue weighted by Crippen LogP contribution is 2.28. The second-order valence-electron chi connectivity index (χ2n) is 6.21. The topological polar surface area (TPSA) is 78.9 Å². The Kier molecular flexibility index (Phi) is 4.52. The Labute approximate surface area is 119 Å². The van der Waals surface area contributed by atoms with E-state index in [1.165, 1.54) is 11.3 Å². The zero-order chi connectivity index (χ0) is 14.8. The fourth-order valence-electron chi connectivity index (χ4n) is 3.11. The number of amides is 2. The molecule has 2 N–H and O–H groups in total. The molecule has 2 unspecified atom stereocenters. The van der Waals surface area contributed by atoms with Gasteiger partial charge in [-0.2, -0.15) is 0 Å². The van der Waals surface area contributed by atoms with E-state index >= 15 is 0 Å². The summed E-state index contributed by atoms with van der Waals surface area (Å²) in [6, 6.07) is -0.587. The van der Waals surface area contributed by atoms with Crippen LogP contribution in [0.4, 0.5) is 4.79 Å². The summed E-state index contributed by atoms with van der Waals surface area (Å²) in [7, 11) is 1.65. The van der Waals surface area contributed by atoms with Crippen molar-refractivity contribution in [1.82, 2.24) is 10.2 Å². The first kappa shape index (κ1) is 15.1. The zero-order valence-electron chi connectivity index (χ0n) is 12.2. The lowest BCUT2D eigenvalue weighted by Gasteiger charge is -2.37. The van der Waals surface area contributed by atoms with E-state index in [1.807, 2.05) is 0 Å². The minimum Gasteiger partial charge on any atom is -0.481 e. The van der Waals surface area contributed by atoms with Crippen molar-refractivity contribution in [3.05, 3.63) is 0 Å². The molecule has 0 radical (unpaired) electrons. The Morgan fingerprint density at radius 1 is 1.25 bits per heavy atom. The van der Waals surface area contributed by atoms with Gasteiger partial charge in [0.2, 0.25) is 0 Å². The second-order valence-corrected chi connectivity index (χ2v) is 6.21. The van der Waals surface area contributed by atoms with Gasteiger partial charge in [0.1, 0.15) is 5.92 Å². The number of rotatable bonds is 3. The van der Waals surface area contributed by atoms with E-state index in [4.69, 9.17) is 9.84 Å². The number of hydrogen-bond donors (Lipinski definition) is 2. The summed E-state index contributed by atoms with van der Waals surface area (Å²) < 4.78 is 5.21. The molecule has 20 heavy (non-hydrogen) atoms. The van der Waals surface area contributed by atoms with Crippen molar-refractivity contribution in [2.75, 3.05) is 20.3 Å². The van der Waals surface area contributed by atoms with Crippen LogP contribution in [0.1, 0.15) is 39.0 Å². The SMILES string of the molecule is CN(C(=O)NC1(C)CCCCC1)C1COCC1C(=O)O. The molecule has 0 aromatic rings. The van der Waals surface area contributed by atoms with Gasteiger partial charge in [-0.05, 0) is 19.8 Å². The molecule has 2 amide bonds. The normalized spacial score (nSPS) is 28.9. The maximum absolute atomic E-state index is 12.3. The predicted molar refractivity (Wildman–Crippen MR) is 73.5 cm³/mol. The van der Waals surface area contributed by atoms with E-state index in [0.29, 0.717) is 0 Å². The molecule has 6 heteroatoms. The van der Waals surface area contributed by atoms with Crippen molar-refractivity contribution in [2.24, 2.45) is 5.92 Å². The van der Waals surface area contributed by atoms with Crippen LogP contribution in [0.25, 0.3) is 0 Å². The number of nitrogens with one attached hydrogen (secondary N) is 1. The summed E-state index contributed by atoms with van der Waals surface area (Å²) in [4.78, 5) is 25.0. The van der Waals surface area contributed by atoms with Crippen LogP contribution in [0, 0.1) is 5.92 Å². The second kappa shape index (κ2) is 5.99. The molecule has 0 aromatic carbocycles. The van der Waals surface area contributed by atoms with E-state index in [1.54, 1.807) is 7.05 Å². The number of hydrogen-bond acceptors (Lipinski definition) is 3. The summed E-state index contributed by atoms with van der Waals surface area (Å²) in [5, 5.41) is 12.2. The highest BCUT2D eigenvalue weighted by Gasteiger charge is 2.40. The van der Waals surface area contributed by atoms with Gasteiger partial charge < -0.3 is 20.1 Å². The molecular formula is C14H24N2O4. The van der Waals surface area contributed by atoms with Gasteiger partial charge >= 0.3 is 12.0 Å². The maximum atomic E-state index is 12.3. The minimum atomic E-state index is -0.906. The van der Waals surface area contributed by atoms with Crippen LogP contribution < -0.4 is 5.32 Å². The molecule has 1 aliphatic heterocycles. The fraction of sp³-hybridized carbons (Fsp3) is 0.857. The first-order chi connectivity index (χ1) is 9.43. The number of carboxylic acid groups (broad SMARTS) is 1. The third-order valence-electron chi connectivity index (χ3n) is 4.55. The molecular weight excluding hydrogens is 260 g/mol. The summed E-state index contributed by atoms with van der Waals surface area (Å²) in [6.45, 7) is 2.53. The molecule has 114 valence electrons. The van der Waals surface area contributed by atoms with Gasteiger partial charge in [0, 0.05) is 12.6 Å². The van der Waals surface area contributed by atoms with Gasteiger partial charge in [0.05, 0.1) is 19.3 Å². The van der Waals surface area contributed by atoms with Crippen molar-refractivity contribution in [3.8, 4) is 0 Å². The van der Waals surface area contributed by atoms with E-state index in [-0.39, 0.29) is 30.8 Å². The first-order valence-corrected chi connectivity index (χ1v) is 7.28. The number of nitrogens with zero attached hydrogens (tertiary/aromatic N) is 1. The largest absolute Gasteiger partial charge is 0.481 e. The quantitative estimate of drug-likeness (QED) is 0.822. The smallest absolute Gasteiger partial charge is 0.317 e. The van der Waals surface area contributed by atoms with Crippen LogP contribution in [0.5, 0.6) is 0 Å². The van der Waals surface area contributed by atoms with Crippen LogP contribution in [0.15, 0.2) is 0 Å². The van der Waals surface area contributed by atoms with Crippen molar-refractivity contribution in [1.29, 1.82) is 0 Å². The Morgan fingerprint density at radius 3 is 2.50 bits per heavy atom. The van der Waals surface area contributed by atoms with Gasteiger partial charge in [-0.3, -0.25) is 4.79 Å². The molecule has 2 rings (SSSR count). The molecule has 0 spiro atoms. The number of likely N-dealkylation sites (N-methyl/N-ethyl adjacent to an activating group) is 1. The Hall–Kier alpha value is -1.30. The number of aliphatic carboxylic acids is 1. The zero-order valence-corrected chi connectivity index (χ0v) is 12.2. The van der Waals surface area contributed by atoms with E-state index in [0.717, 1.165) is 25.7 Å². The molecule has 2 fully saturated rings. The molecule has 6 nitrogen and oxygen atoms in total. The maximum Gasteiger partial charge on any atom is 0.317 e. The lowest BCUT2D eigenvalue weighted by atomic mass is 9.83. The lowest BCUT2D eigenvalue weighted by molar-refractivity contribution is -0.142. The lowest BCUT2D eigenvalue weighted by Crippen LogP contribution is -2.55. The monoisotopic (exact) mass is 284 g/mol.